The normalized spacial score (nSPS) is 21.4. The SMILES string of the molecule is CC(Cc1cccc(F)c1)N(C)CC1CCCN1. The van der Waals surface area contributed by atoms with Crippen LogP contribution in [-0.2, 0) is 6.42 Å². The summed E-state index contributed by atoms with van der Waals surface area (Å²) in [5.41, 5.74) is 1.08. The lowest BCUT2D eigenvalue weighted by molar-refractivity contribution is 0.234. The molecule has 0 aromatic heterocycles. The summed E-state index contributed by atoms with van der Waals surface area (Å²) in [7, 11) is 2.16. The molecule has 1 heterocycles. The van der Waals surface area contributed by atoms with E-state index >= 15 is 0 Å². The highest BCUT2D eigenvalue weighted by atomic mass is 19.1. The second kappa shape index (κ2) is 6.30. The Morgan fingerprint density at radius 2 is 2.33 bits per heavy atom. The maximum absolute atomic E-state index is 13.1. The Balaban J connectivity index is 1.84. The highest BCUT2D eigenvalue weighted by Crippen LogP contribution is 2.12. The van der Waals surface area contributed by atoms with Gasteiger partial charge in [-0.25, -0.2) is 4.39 Å². The Morgan fingerprint density at radius 1 is 1.50 bits per heavy atom. The number of hydrogen-bond donors (Lipinski definition) is 1. The van der Waals surface area contributed by atoms with Gasteiger partial charge in [0.2, 0.25) is 0 Å². The average Bonchev–Trinajstić information content (AvgIpc) is 2.81. The first-order chi connectivity index (χ1) is 8.65. The molecule has 0 radical (unpaired) electrons. The van der Waals surface area contributed by atoms with E-state index in [1.807, 2.05) is 6.07 Å². The Labute approximate surface area is 109 Å². The van der Waals surface area contributed by atoms with Crippen LogP contribution in [0.2, 0.25) is 0 Å². The smallest absolute Gasteiger partial charge is 0.123 e. The summed E-state index contributed by atoms with van der Waals surface area (Å²) in [6.07, 6.45) is 3.47. The molecule has 0 aliphatic carbocycles. The third-order valence-electron chi connectivity index (χ3n) is 3.84. The molecule has 2 atom stereocenters. The largest absolute Gasteiger partial charge is 0.313 e. The van der Waals surface area contributed by atoms with Crippen molar-refractivity contribution in [3.8, 4) is 0 Å². The molecule has 3 heteroatoms. The number of rotatable bonds is 5. The second-order valence-corrected chi connectivity index (χ2v) is 5.42. The second-order valence-electron chi connectivity index (χ2n) is 5.42. The minimum Gasteiger partial charge on any atom is -0.313 e. The van der Waals surface area contributed by atoms with Gasteiger partial charge in [-0.15, -0.1) is 0 Å². The van der Waals surface area contributed by atoms with Crippen molar-refractivity contribution in [2.75, 3.05) is 20.1 Å². The Kier molecular flexibility index (Phi) is 4.72. The number of nitrogens with zero attached hydrogens (tertiary/aromatic N) is 1. The lowest BCUT2D eigenvalue weighted by atomic mass is 10.1. The number of halogens is 1. The van der Waals surface area contributed by atoms with Gasteiger partial charge in [0.25, 0.3) is 0 Å². The van der Waals surface area contributed by atoms with Crippen LogP contribution >= 0.6 is 0 Å². The van der Waals surface area contributed by atoms with Gasteiger partial charge in [-0.3, -0.25) is 0 Å². The average molecular weight is 250 g/mol. The van der Waals surface area contributed by atoms with E-state index in [-0.39, 0.29) is 5.82 Å². The molecule has 0 bridgehead atoms. The van der Waals surface area contributed by atoms with Gasteiger partial charge in [0.15, 0.2) is 0 Å². The van der Waals surface area contributed by atoms with E-state index in [0.717, 1.165) is 25.1 Å². The summed E-state index contributed by atoms with van der Waals surface area (Å²) in [6, 6.07) is 7.99. The molecule has 18 heavy (non-hydrogen) atoms. The maximum Gasteiger partial charge on any atom is 0.123 e. The minimum absolute atomic E-state index is 0.139. The van der Waals surface area contributed by atoms with Crippen molar-refractivity contribution < 1.29 is 4.39 Å². The summed E-state index contributed by atoms with van der Waals surface area (Å²) in [4.78, 5) is 2.37. The molecule has 100 valence electrons. The van der Waals surface area contributed by atoms with E-state index < -0.39 is 0 Å². The van der Waals surface area contributed by atoms with E-state index in [1.165, 1.54) is 18.9 Å². The van der Waals surface area contributed by atoms with Crippen molar-refractivity contribution in [1.29, 1.82) is 0 Å². The summed E-state index contributed by atoms with van der Waals surface area (Å²) >= 11 is 0. The first kappa shape index (κ1) is 13.5. The van der Waals surface area contributed by atoms with Gasteiger partial charge in [0.05, 0.1) is 0 Å². The van der Waals surface area contributed by atoms with Crippen molar-refractivity contribution in [1.82, 2.24) is 10.2 Å². The van der Waals surface area contributed by atoms with Crippen LogP contribution in [0.3, 0.4) is 0 Å². The fourth-order valence-corrected chi connectivity index (χ4v) is 2.60. The molecule has 0 spiro atoms. The van der Waals surface area contributed by atoms with E-state index in [4.69, 9.17) is 0 Å². The van der Waals surface area contributed by atoms with E-state index in [1.54, 1.807) is 12.1 Å². The lowest BCUT2D eigenvalue weighted by Crippen LogP contribution is -2.40. The predicted molar refractivity (Wildman–Crippen MR) is 73.2 cm³/mol. The molecule has 0 amide bonds. The van der Waals surface area contributed by atoms with Gasteiger partial charge in [-0.2, -0.15) is 0 Å². The van der Waals surface area contributed by atoms with E-state index in [2.05, 4.69) is 24.2 Å². The molecule has 1 saturated heterocycles. The molecular weight excluding hydrogens is 227 g/mol. The molecule has 1 aromatic rings. The van der Waals surface area contributed by atoms with Crippen LogP contribution in [-0.4, -0.2) is 37.1 Å². The zero-order valence-electron chi connectivity index (χ0n) is 11.3. The highest BCUT2D eigenvalue weighted by Gasteiger charge is 2.18. The Bertz CT molecular complexity index is 375. The molecular formula is C15H23FN2. The number of hydrogen-bond acceptors (Lipinski definition) is 2. The van der Waals surface area contributed by atoms with Crippen LogP contribution in [0.4, 0.5) is 4.39 Å². The van der Waals surface area contributed by atoms with Gasteiger partial charge < -0.3 is 10.2 Å². The van der Waals surface area contributed by atoms with Crippen molar-refractivity contribution in [2.24, 2.45) is 0 Å². The van der Waals surface area contributed by atoms with Crippen LogP contribution in [0.15, 0.2) is 24.3 Å². The fraction of sp³-hybridized carbons (Fsp3) is 0.600. The molecule has 0 saturated carbocycles. The van der Waals surface area contributed by atoms with Crippen molar-refractivity contribution >= 4 is 0 Å². The van der Waals surface area contributed by atoms with Crippen LogP contribution < -0.4 is 5.32 Å². The molecule has 2 unspecified atom stereocenters. The van der Waals surface area contributed by atoms with Crippen LogP contribution in [0, 0.1) is 5.82 Å². The van der Waals surface area contributed by atoms with Gasteiger partial charge in [-0.05, 0) is 57.5 Å². The van der Waals surface area contributed by atoms with Crippen molar-refractivity contribution in [3.63, 3.8) is 0 Å². The Morgan fingerprint density at radius 3 is 3.00 bits per heavy atom. The molecule has 1 aliphatic rings. The first-order valence-corrected chi connectivity index (χ1v) is 6.83. The van der Waals surface area contributed by atoms with E-state index in [9.17, 15) is 4.39 Å². The van der Waals surface area contributed by atoms with Crippen molar-refractivity contribution in [3.05, 3.63) is 35.6 Å². The fourth-order valence-electron chi connectivity index (χ4n) is 2.60. The Hall–Kier alpha value is -0.930. The first-order valence-electron chi connectivity index (χ1n) is 6.83. The van der Waals surface area contributed by atoms with Crippen LogP contribution in [0.1, 0.15) is 25.3 Å². The highest BCUT2D eigenvalue weighted by molar-refractivity contribution is 5.17. The minimum atomic E-state index is -0.139. The predicted octanol–water partition coefficient (Wildman–Crippen LogP) is 2.44. The van der Waals surface area contributed by atoms with Crippen molar-refractivity contribution in [2.45, 2.75) is 38.3 Å². The summed E-state index contributed by atoms with van der Waals surface area (Å²) in [6.45, 7) is 4.44. The topological polar surface area (TPSA) is 15.3 Å². The summed E-state index contributed by atoms with van der Waals surface area (Å²) in [5.74, 6) is -0.139. The maximum atomic E-state index is 13.1. The molecule has 1 aliphatic heterocycles. The molecule has 2 rings (SSSR count). The zero-order valence-corrected chi connectivity index (χ0v) is 11.3. The summed E-state index contributed by atoms with van der Waals surface area (Å²) < 4.78 is 13.1. The lowest BCUT2D eigenvalue weighted by Gasteiger charge is -2.27. The zero-order chi connectivity index (χ0) is 13.0. The number of nitrogens with one attached hydrogen (secondary N) is 1. The monoisotopic (exact) mass is 250 g/mol. The standard InChI is InChI=1S/C15H23FN2/c1-12(9-13-5-3-6-14(16)10-13)18(2)11-15-7-4-8-17-15/h3,5-6,10,12,15,17H,4,7-9,11H2,1-2H3. The van der Waals surface area contributed by atoms with E-state index in [0.29, 0.717) is 12.1 Å². The van der Waals surface area contributed by atoms with Gasteiger partial charge in [0.1, 0.15) is 5.82 Å². The molecule has 2 nitrogen and oxygen atoms in total. The number of benzene rings is 1. The van der Waals surface area contributed by atoms with Gasteiger partial charge >= 0.3 is 0 Å². The number of likely N-dealkylation sites (N-methyl/N-ethyl adjacent to an activating group) is 1. The third kappa shape index (κ3) is 3.79. The quantitative estimate of drug-likeness (QED) is 0.863. The molecule has 1 fully saturated rings. The van der Waals surface area contributed by atoms with Crippen LogP contribution in [0.5, 0.6) is 0 Å². The molecule has 1 aromatic carbocycles. The summed E-state index contributed by atoms with van der Waals surface area (Å²) in [5, 5.41) is 3.51. The van der Waals surface area contributed by atoms with Gasteiger partial charge in [-0.1, -0.05) is 12.1 Å². The molecule has 1 N–H and O–H groups in total. The van der Waals surface area contributed by atoms with Gasteiger partial charge in [0, 0.05) is 18.6 Å². The third-order valence-corrected chi connectivity index (χ3v) is 3.84. The van der Waals surface area contributed by atoms with Crippen LogP contribution in [0.25, 0.3) is 0 Å².